The van der Waals surface area contributed by atoms with Crippen LogP contribution in [-0.4, -0.2) is 27.2 Å². The number of nitrogens with one attached hydrogen (secondary N) is 2. The minimum Gasteiger partial charge on any atom is -0.338 e. The van der Waals surface area contributed by atoms with Crippen LogP contribution in [0.4, 0.5) is 32.2 Å². The van der Waals surface area contributed by atoms with Gasteiger partial charge >= 0.3 is 12.4 Å². The molecule has 0 spiro atoms. The molecule has 2 aromatic rings. The normalized spacial score (nSPS) is 11.8. The third-order valence-electron chi connectivity index (χ3n) is 3.03. The van der Waals surface area contributed by atoms with Crippen molar-refractivity contribution in [2.45, 2.75) is 19.3 Å². The van der Waals surface area contributed by atoms with Gasteiger partial charge < -0.3 is 10.6 Å². The Bertz CT molecular complexity index is 792. The molecule has 0 aliphatic heterocycles. The van der Waals surface area contributed by atoms with E-state index in [-0.39, 0.29) is 12.0 Å². The van der Waals surface area contributed by atoms with Crippen molar-refractivity contribution < 1.29 is 26.3 Å². The number of alkyl halides is 6. The summed E-state index contributed by atoms with van der Waals surface area (Å²) < 4.78 is 76.3. The molecule has 0 amide bonds. The fraction of sp³-hybridized carbons (Fsp3) is 0.200. The molecule has 2 N–H and O–H groups in total. The highest BCUT2D eigenvalue weighted by atomic mass is 32.1. The van der Waals surface area contributed by atoms with Crippen LogP contribution in [0, 0.1) is 6.92 Å². The summed E-state index contributed by atoms with van der Waals surface area (Å²) in [6.45, 7) is 1.67. The number of para-hydroxylation sites is 1. The van der Waals surface area contributed by atoms with Crippen molar-refractivity contribution >= 4 is 23.1 Å². The molecule has 0 fully saturated rings. The summed E-state index contributed by atoms with van der Waals surface area (Å²) in [6.07, 6.45) is -11.3. The van der Waals surface area contributed by atoms with Crippen molar-refractivity contribution in [1.82, 2.24) is 15.1 Å². The average molecular weight is 394 g/mol. The second-order valence-electron chi connectivity index (χ2n) is 5.07. The third kappa shape index (κ3) is 4.97. The first kappa shape index (κ1) is 19.8. The van der Waals surface area contributed by atoms with Gasteiger partial charge in [0.25, 0.3) is 0 Å². The Morgan fingerprint density at radius 3 is 2.19 bits per heavy atom. The molecule has 140 valence electrons. The van der Waals surface area contributed by atoms with Crippen molar-refractivity contribution in [3.05, 3.63) is 53.9 Å². The second kappa shape index (κ2) is 7.36. The highest BCUT2D eigenvalue weighted by Gasteiger charge is 2.51. The van der Waals surface area contributed by atoms with Crippen LogP contribution in [0.2, 0.25) is 0 Å². The lowest BCUT2D eigenvalue weighted by molar-refractivity contribution is -0.172. The average Bonchev–Trinajstić information content (AvgIpc) is 2.86. The number of halogens is 6. The summed E-state index contributed by atoms with van der Waals surface area (Å²) in [5.74, 6) is 0.278. The van der Waals surface area contributed by atoms with Gasteiger partial charge in [0.2, 0.25) is 0 Å². The molecular weight excluding hydrogens is 382 g/mol. The molecule has 4 nitrogen and oxygen atoms in total. The van der Waals surface area contributed by atoms with Crippen LogP contribution in [0.3, 0.4) is 0 Å². The zero-order chi connectivity index (χ0) is 19.5. The topological polar surface area (TPSA) is 41.9 Å². The molecule has 0 radical (unpaired) electrons. The maximum absolute atomic E-state index is 12.5. The van der Waals surface area contributed by atoms with Gasteiger partial charge in [-0.3, -0.25) is 0 Å². The van der Waals surface area contributed by atoms with E-state index in [4.69, 9.17) is 12.2 Å². The van der Waals surface area contributed by atoms with E-state index in [1.807, 2.05) is 5.32 Å². The van der Waals surface area contributed by atoms with Gasteiger partial charge in [-0.15, -0.1) is 0 Å². The largest absolute Gasteiger partial charge is 0.422 e. The van der Waals surface area contributed by atoms with E-state index in [9.17, 15) is 26.3 Å². The van der Waals surface area contributed by atoms with Crippen molar-refractivity contribution in [3.63, 3.8) is 0 Å². The maximum atomic E-state index is 12.5. The van der Waals surface area contributed by atoms with Gasteiger partial charge in [0.15, 0.2) is 10.7 Å². The monoisotopic (exact) mass is 394 g/mol. The van der Waals surface area contributed by atoms with Gasteiger partial charge in [0, 0.05) is 12.3 Å². The molecule has 0 saturated heterocycles. The molecule has 0 bridgehead atoms. The zero-order valence-corrected chi connectivity index (χ0v) is 13.9. The number of anilines is 1. The van der Waals surface area contributed by atoms with Crippen molar-refractivity contribution in [1.29, 1.82) is 0 Å². The molecule has 2 rings (SSSR count). The quantitative estimate of drug-likeness (QED) is 0.595. The number of benzene rings is 1. The number of hydrogen-bond donors (Lipinski definition) is 2. The number of rotatable bonds is 3. The molecule has 1 heterocycles. The lowest BCUT2D eigenvalue weighted by Crippen LogP contribution is -2.31. The number of hydrogen-bond acceptors (Lipinski definition) is 2. The van der Waals surface area contributed by atoms with Gasteiger partial charge in [-0.1, -0.05) is 18.2 Å². The minimum atomic E-state index is -5.57. The summed E-state index contributed by atoms with van der Waals surface area (Å²) in [4.78, 5) is 0. The van der Waals surface area contributed by atoms with Gasteiger partial charge in [-0.05, 0) is 31.3 Å². The first-order valence-electron chi connectivity index (χ1n) is 7.02. The minimum absolute atomic E-state index is 0.217. The molecule has 0 saturated carbocycles. The number of aryl methyl sites for hydroxylation is 1. The Labute approximate surface area is 149 Å². The zero-order valence-electron chi connectivity index (χ0n) is 13.1. The molecular formula is C15H12F6N4S. The molecule has 0 aliphatic carbocycles. The Kier molecular flexibility index (Phi) is 5.59. The van der Waals surface area contributed by atoms with E-state index in [0.29, 0.717) is 11.4 Å². The number of thiocarbonyl (C=S) groups is 1. The predicted molar refractivity (Wildman–Crippen MR) is 87.9 cm³/mol. The SMILES string of the molecule is Cc1cc(NC(=S)NC=C(C(F)(F)F)C(F)(F)F)n(-c2ccccc2)n1. The summed E-state index contributed by atoms with van der Waals surface area (Å²) in [5, 5.41) is 8.09. The standard InChI is InChI=1S/C15H12F6N4S/c1-9-7-12(25(24-9)10-5-3-2-4-6-10)23-13(26)22-8-11(14(16,17)18)15(19,20)21/h2-8H,1H3,(H2,22,23,26). The number of allylic oxidation sites excluding steroid dienone is 1. The molecule has 1 aromatic carbocycles. The van der Waals surface area contributed by atoms with Crippen LogP contribution in [0.5, 0.6) is 0 Å². The highest BCUT2D eigenvalue weighted by molar-refractivity contribution is 7.80. The summed E-state index contributed by atoms with van der Waals surface area (Å²) >= 11 is 4.78. The van der Waals surface area contributed by atoms with E-state index >= 15 is 0 Å². The fourth-order valence-corrected chi connectivity index (χ4v) is 2.13. The maximum Gasteiger partial charge on any atom is 0.422 e. The van der Waals surface area contributed by atoms with Crippen LogP contribution >= 0.6 is 12.2 Å². The van der Waals surface area contributed by atoms with Crippen LogP contribution in [-0.2, 0) is 0 Å². The highest BCUT2D eigenvalue weighted by Crippen LogP contribution is 2.37. The Morgan fingerprint density at radius 2 is 1.65 bits per heavy atom. The summed E-state index contributed by atoms with van der Waals surface area (Å²) in [5.41, 5.74) is -1.49. The first-order valence-corrected chi connectivity index (χ1v) is 7.43. The Balaban J connectivity index is 2.20. The Morgan fingerprint density at radius 1 is 1.08 bits per heavy atom. The van der Waals surface area contributed by atoms with Crippen molar-refractivity contribution in [2.75, 3.05) is 5.32 Å². The second-order valence-corrected chi connectivity index (χ2v) is 5.48. The van der Waals surface area contributed by atoms with Crippen LogP contribution in [0.25, 0.3) is 5.69 Å². The molecule has 1 aromatic heterocycles. The fourth-order valence-electron chi connectivity index (χ4n) is 1.97. The van der Waals surface area contributed by atoms with Crippen molar-refractivity contribution in [2.24, 2.45) is 0 Å². The van der Waals surface area contributed by atoms with Gasteiger partial charge in [-0.25, -0.2) is 4.68 Å². The van der Waals surface area contributed by atoms with Gasteiger partial charge in [-0.2, -0.15) is 31.4 Å². The third-order valence-corrected chi connectivity index (χ3v) is 3.25. The number of aromatic nitrogens is 2. The smallest absolute Gasteiger partial charge is 0.338 e. The van der Waals surface area contributed by atoms with Crippen LogP contribution < -0.4 is 10.6 Å². The molecule has 0 aliphatic rings. The first-order chi connectivity index (χ1) is 12.0. The van der Waals surface area contributed by atoms with E-state index in [0.717, 1.165) is 0 Å². The van der Waals surface area contributed by atoms with Crippen LogP contribution in [0.1, 0.15) is 5.69 Å². The molecule has 11 heteroatoms. The lowest BCUT2D eigenvalue weighted by Gasteiger charge is -2.16. The van der Waals surface area contributed by atoms with E-state index in [2.05, 4.69) is 10.4 Å². The number of nitrogens with zero attached hydrogens (tertiary/aromatic N) is 2. The van der Waals surface area contributed by atoms with Crippen molar-refractivity contribution in [3.8, 4) is 5.69 Å². The lowest BCUT2D eigenvalue weighted by atomic mass is 10.3. The van der Waals surface area contributed by atoms with E-state index in [1.165, 1.54) is 4.68 Å². The summed E-state index contributed by atoms with van der Waals surface area (Å²) in [7, 11) is 0. The Hall–Kier alpha value is -2.56. The van der Waals surface area contributed by atoms with Gasteiger partial charge in [0.1, 0.15) is 5.82 Å². The molecule has 0 atom stereocenters. The molecule has 26 heavy (non-hydrogen) atoms. The van der Waals surface area contributed by atoms with E-state index in [1.54, 1.807) is 43.3 Å². The summed E-state index contributed by atoms with van der Waals surface area (Å²) in [6, 6.07) is 10.3. The molecule has 0 unspecified atom stereocenters. The van der Waals surface area contributed by atoms with E-state index < -0.39 is 23.0 Å². The van der Waals surface area contributed by atoms with Gasteiger partial charge in [0.05, 0.1) is 11.4 Å². The predicted octanol–water partition coefficient (Wildman–Crippen LogP) is 4.48. The van der Waals surface area contributed by atoms with Crippen LogP contribution in [0.15, 0.2) is 48.2 Å².